The zero-order valence-corrected chi connectivity index (χ0v) is 12.3. The van der Waals surface area contributed by atoms with Gasteiger partial charge in [0.05, 0.1) is 17.4 Å². The second kappa shape index (κ2) is 7.03. The van der Waals surface area contributed by atoms with Crippen LogP contribution in [0.5, 0.6) is 0 Å². The van der Waals surface area contributed by atoms with Crippen molar-refractivity contribution in [3.8, 4) is 6.07 Å². The lowest BCUT2D eigenvalue weighted by Gasteiger charge is -2.21. The van der Waals surface area contributed by atoms with Gasteiger partial charge in [0, 0.05) is 25.7 Å². The average Bonchev–Trinajstić information content (AvgIpc) is 2.43. The summed E-state index contributed by atoms with van der Waals surface area (Å²) in [5.41, 5.74) is 1.02. The molecule has 20 heavy (non-hydrogen) atoms. The number of anilines is 1. The van der Waals surface area contributed by atoms with Gasteiger partial charge in [0.2, 0.25) is 15.9 Å². The van der Waals surface area contributed by atoms with E-state index in [9.17, 15) is 13.2 Å². The highest BCUT2D eigenvalue weighted by Gasteiger charge is 2.13. The van der Waals surface area contributed by atoms with Crippen LogP contribution >= 0.6 is 0 Å². The standard InChI is InChI=1S/C13H17N3O3S/c1-3-20(18,19)15-7-8-16(11(2)17)13-6-4-5-12(9-13)10-14/h4-6,9,15H,3,7-8H2,1-2H3. The SMILES string of the molecule is CCS(=O)(=O)NCCN(C(C)=O)c1cccc(C#N)c1. The summed E-state index contributed by atoms with van der Waals surface area (Å²) in [7, 11) is -3.28. The summed E-state index contributed by atoms with van der Waals surface area (Å²) in [5.74, 6) is -0.215. The van der Waals surface area contributed by atoms with E-state index in [2.05, 4.69) is 4.72 Å². The van der Waals surface area contributed by atoms with E-state index >= 15 is 0 Å². The Morgan fingerprint density at radius 3 is 2.70 bits per heavy atom. The maximum atomic E-state index is 11.6. The average molecular weight is 295 g/mol. The van der Waals surface area contributed by atoms with E-state index in [-0.39, 0.29) is 24.7 Å². The van der Waals surface area contributed by atoms with Gasteiger partial charge in [-0.15, -0.1) is 0 Å². The van der Waals surface area contributed by atoms with Crippen LogP contribution in [-0.2, 0) is 14.8 Å². The van der Waals surface area contributed by atoms with Crippen molar-refractivity contribution in [2.75, 3.05) is 23.7 Å². The van der Waals surface area contributed by atoms with E-state index < -0.39 is 10.0 Å². The predicted octanol–water partition coefficient (Wildman–Crippen LogP) is 0.850. The third-order valence-electron chi connectivity index (χ3n) is 2.70. The molecule has 0 aromatic heterocycles. The van der Waals surface area contributed by atoms with Gasteiger partial charge in [-0.2, -0.15) is 5.26 Å². The van der Waals surface area contributed by atoms with Crippen LogP contribution in [-0.4, -0.2) is 33.2 Å². The van der Waals surface area contributed by atoms with Crippen molar-refractivity contribution in [3.05, 3.63) is 29.8 Å². The highest BCUT2D eigenvalue weighted by atomic mass is 32.2. The number of benzene rings is 1. The monoisotopic (exact) mass is 295 g/mol. The predicted molar refractivity (Wildman–Crippen MR) is 76.6 cm³/mol. The van der Waals surface area contributed by atoms with Gasteiger partial charge in [0.15, 0.2) is 0 Å². The van der Waals surface area contributed by atoms with Crippen LogP contribution in [0.4, 0.5) is 5.69 Å². The van der Waals surface area contributed by atoms with Crippen molar-refractivity contribution in [2.24, 2.45) is 0 Å². The molecule has 0 fully saturated rings. The zero-order chi connectivity index (χ0) is 15.2. The van der Waals surface area contributed by atoms with Gasteiger partial charge in [-0.05, 0) is 25.1 Å². The third-order valence-corrected chi connectivity index (χ3v) is 4.11. The number of carbonyl (C=O) groups is 1. The summed E-state index contributed by atoms with van der Waals surface area (Å²) in [6, 6.07) is 8.62. The summed E-state index contributed by atoms with van der Waals surface area (Å²) in [5, 5.41) is 8.85. The number of nitrogens with one attached hydrogen (secondary N) is 1. The molecule has 0 spiro atoms. The first-order chi connectivity index (χ1) is 9.39. The molecule has 0 radical (unpaired) electrons. The van der Waals surface area contributed by atoms with Crippen LogP contribution in [0.3, 0.4) is 0 Å². The van der Waals surface area contributed by atoms with Gasteiger partial charge in [0.1, 0.15) is 0 Å². The lowest BCUT2D eigenvalue weighted by atomic mass is 10.2. The summed E-state index contributed by atoms with van der Waals surface area (Å²) < 4.78 is 25.1. The molecule has 1 rings (SSSR count). The van der Waals surface area contributed by atoms with Crippen LogP contribution in [0.1, 0.15) is 19.4 Å². The fourth-order valence-electron chi connectivity index (χ4n) is 1.63. The molecule has 0 bridgehead atoms. The Kier molecular flexibility index (Phi) is 5.67. The van der Waals surface area contributed by atoms with Crippen LogP contribution in [0, 0.1) is 11.3 Å². The van der Waals surface area contributed by atoms with E-state index in [1.807, 2.05) is 6.07 Å². The molecule has 0 unspecified atom stereocenters. The maximum absolute atomic E-state index is 11.6. The molecule has 7 heteroatoms. The molecule has 108 valence electrons. The molecule has 0 aliphatic rings. The number of nitriles is 1. The van der Waals surface area contributed by atoms with Gasteiger partial charge in [-0.1, -0.05) is 6.07 Å². The minimum absolute atomic E-state index is 0.00299. The summed E-state index contributed by atoms with van der Waals surface area (Å²) in [6.45, 7) is 3.28. The van der Waals surface area contributed by atoms with Crippen molar-refractivity contribution in [1.29, 1.82) is 5.26 Å². The Hall–Kier alpha value is -1.91. The van der Waals surface area contributed by atoms with Crippen LogP contribution in [0.15, 0.2) is 24.3 Å². The molecule has 1 N–H and O–H groups in total. The molecule has 1 aromatic carbocycles. The quantitative estimate of drug-likeness (QED) is 0.842. The summed E-state index contributed by atoms with van der Waals surface area (Å²) >= 11 is 0. The molecule has 0 heterocycles. The first kappa shape index (κ1) is 16.1. The number of nitrogens with zero attached hydrogens (tertiary/aromatic N) is 2. The molecule has 0 aliphatic heterocycles. The fourth-order valence-corrected chi connectivity index (χ4v) is 2.23. The Labute approximate surface area is 119 Å². The summed E-state index contributed by atoms with van der Waals surface area (Å²) in [6.07, 6.45) is 0. The van der Waals surface area contributed by atoms with Crippen molar-refractivity contribution in [1.82, 2.24) is 4.72 Å². The number of sulfonamides is 1. The van der Waals surface area contributed by atoms with Crippen LogP contribution in [0.2, 0.25) is 0 Å². The number of hydrogen-bond donors (Lipinski definition) is 1. The first-order valence-electron chi connectivity index (χ1n) is 6.15. The van der Waals surface area contributed by atoms with Crippen molar-refractivity contribution in [2.45, 2.75) is 13.8 Å². The Morgan fingerprint density at radius 1 is 1.45 bits per heavy atom. The molecule has 0 aliphatic carbocycles. The van der Waals surface area contributed by atoms with Crippen molar-refractivity contribution >= 4 is 21.6 Å². The zero-order valence-electron chi connectivity index (χ0n) is 11.5. The van der Waals surface area contributed by atoms with Crippen LogP contribution in [0.25, 0.3) is 0 Å². The fraction of sp³-hybridized carbons (Fsp3) is 0.385. The molecule has 1 amide bonds. The van der Waals surface area contributed by atoms with E-state index in [1.165, 1.54) is 11.8 Å². The number of amides is 1. The van der Waals surface area contributed by atoms with Crippen LogP contribution < -0.4 is 9.62 Å². The Bertz CT molecular complexity index is 620. The molecular weight excluding hydrogens is 278 g/mol. The van der Waals surface area contributed by atoms with Gasteiger partial charge in [-0.25, -0.2) is 13.1 Å². The van der Waals surface area contributed by atoms with Gasteiger partial charge in [0.25, 0.3) is 0 Å². The van der Waals surface area contributed by atoms with Crippen molar-refractivity contribution < 1.29 is 13.2 Å². The molecule has 0 saturated heterocycles. The van der Waals surface area contributed by atoms with Gasteiger partial charge in [-0.3, -0.25) is 4.79 Å². The molecule has 1 aromatic rings. The van der Waals surface area contributed by atoms with E-state index in [4.69, 9.17) is 5.26 Å². The highest BCUT2D eigenvalue weighted by molar-refractivity contribution is 7.89. The first-order valence-corrected chi connectivity index (χ1v) is 7.80. The van der Waals surface area contributed by atoms with E-state index in [1.54, 1.807) is 31.2 Å². The lowest BCUT2D eigenvalue weighted by Crippen LogP contribution is -2.38. The van der Waals surface area contributed by atoms with Gasteiger partial charge >= 0.3 is 0 Å². The topological polar surface area (TPSA) is 90.3 Å². The van der Waals surface area contributed by atoms with Gasteiger partial charge < -0.3 is 4.90 Å². The molecule has 6 nitrogen and oxygen atoms in total. The van der Waals surface area contributed by atoms with E-state index in [0.717, 1.165) is 0 Å². The second-order valence-corrected chi connectivity index (χ2v) is 6.23. The van der Waals surface area contributed by atoms with E-state index in [0.29, 0.717) is 11.3 Å². The smallest absolute Gasteiger partial charge is 0.223 e. The number of carbonyl (C=O) groups excluding carboxylic acids is 1. The lowest BCUT2D eigenvalue weighted by molar-refractivity contribution is -0.116. The Morgan fingerprint density at radius 2 is 2.15 bits per heavy atom. The largest absolute Gasteiger partial charge is 0.311 e. The molecular formula is C13H17N3O3S. The Balaban J connectivity index is 2.80. The third kappa shape index (κ3) is 4.64. The highest BCUT2D eigenvalue weighted by Crippen LogP contribution is 2.15. The molecule has 0 saturated carbocycles. The minimum atomic E-state index is -3.28. The second-order valence-electron chi connectivity index (χ2n) is 4.13. The van der Waals surface area contributed by atoms with Crippen molar-refractivity contribution in [3.63, 3.8) is 0 Å². The normalized spacial score (nSPS) is 10.8. The molecule has 0 atom stereocenters. The number of hydrogen-bond acceptors (Lipinski definition) is 4. The minimum Gasteiger partial charge on any atom is -0.311 e. The number of rotatable bonds is 6. The maximum Gasteiger partial charge on any atom is 0.223 e. The summed E-state index contributed by atoms with van der Waals surface area (Å²) in [4.78, 5) is 13.1.